The predicted octanol–water partition coefficient (Wildman–Crippen LogP) is 2.74. The number of carbonyl (C=O) groups excluding carboxylic acids is 1. The zero-order valence-electron chi connectivity index (χ0n) is 11.3. The molecule has 1 aliphatic rings. The highest BCUT2D eigenvalue weighted by molar-refractivity contribution is 7.10. The van der Waals surface area contributed by atoms with E-state index in [0.29, 0.717) is 6.42 Å². The van der Waals surface area contributed by atoms with Crippen molar-refractivity contribution in [3.05, 3.63) is 46.7 Å². The van der Waals surface area contributed by atoms with Crippen molar-refractivity contribution in [2.45, 2.75) is 13.0 Å². The summed E-state index contributed by atoms with van der Waals surface area (Å²) in [7, 11) is 0. The number of benzene rings is 1. The van der Waals surface area contributed by atoms with Crippen molar-refractivity contribution in [1.82, 2.24) is 10.2 Å². The van der Waals surface area contributed by atoms with Crippen LogP contribution in [0.5, 0.6) is 0 Å². The first-order valence-electron chi connectivity index (χ1n) is 6.93. The van der Waals surface area contributed by atoms with Gasteiger partial charge in [0, 0.05) is 37.5 Å². The van der Waals surface area contributed by atoms with Crippen LogP contribution in [0.25, 0.3) is 11.1 Å². The monoisotopic (exact) mass is 286 g/mol. The lowest BCUT2D eigenvalue weighted by atomic mass is 10.1. The van der Waals surface area contributed by atoms with Crippen LogP contribution in [-0.2, 0) is 11.3 Å². The standard InChI is InChI=1S/C16H18N2OS/c19-16-6-8-18(9-7-17-16)11-15-10-14(12-20-15)13-4-2-1-3-5-13/h1-5,10,12H,6-9,11H2,(H,17,19). The third-order valence-electron chi connectivity index (χ3n) is 3.55. The van der Waals surface area contributed by atoms with E-state index in [4.69, 9.17) is 0 Å². The van der Waals surface area contributed by atoms with E-state index in [9.17, 15) is 4.79 Å². The highest BCUT2D eigenvalue weighted by atomic mass is 32.1. The second-order valence-electron chi connectivity index (χ2n) is 5.04. The van der Waals surface area contributed by atoms with Gasteiger partial charge in [-0.05, 0) is 22.6 Å². The van der Waals surface area contributed by atoms with Crippen molar-refractivity contribution >= 4 is 17.2 Å². The van der Waals surface area contributed by atoms with Gasteiger partial charge in [0.25, 0.3) is 0 Å². The molecule has 1 aromatic heterocycles. The maximum absolute atomic E-state index is 11.3. The fraction of sp³-hybridized carbons (Fsp3) is 0.312. The largest absolute Gasteiger partial charge is 0.355 e. The zero-order chi connectivity index (χ0) is 13.8. The van der Waals surface area contributed by atoms with E-state index >= 15 is 0 Å². The highest BCUT2D eigenvalue weighted by Crippen LogP contribution is 2.26. The number of amides is 1. The topological polar surface area (TPSA) is 32.3 Å². The first-order chi connectivity index (χ1) is 9.81. The Morgan fingerprint density at radius 3 is 2.85 bits per heavy atom. The second kappa shape index (κ2) is 6.20. The van der Waals surface area contributed by atoms with E-state index in [1.165, 1.54) is 16.0 Å². The number of carbonyl (C=O) groups is 1. The van der Waals surface area contributed by atoms with Crippen LogP contribution in [0.1, 0.15) is 11.3 Å². The van der Waals surface area contributed by atoms with E-state index in [2.05, 4.69) is 45.9 Å². The molecule has 20 heavy (non-hydrogen) atoms. The Morgan fingerprint density at radius 2 is 2.00 bits per heavy atom. The van der Waals surface area contributed by atoms with Gasteiger partial charge in [0.1, 0.15) is 0 Å². The Balaban J connectivity index is 1.67. The van der Waals surface area contributed by atoms with Crippen LogP contribution in [0.3, 0.4) is 0 Å². The zero-order valence-corrected chi connectivity index (χ0v) is 12.2. The molecule has 3 nitrogen and oxygen atoms in total. The summed E-state index contributed by atoms with van der Waals surface area (Å²) in [4.78, 5) is 15.0. The van der Waals surface area contributed by atoms with Crippen LogP contribution < -0.4 is 5.32 Å². The van der Waals surface area contributed by atoms with Gasteiger partial charge in [0.05, 0.1) is 0 Å². The van der Waals surface area contributed by atoms with Gasteiger partial charge in [-0.3, -0.25) is 9.69 Å². The van der Waals surface area contributed by atoms with Gasteiger partial charge in [-0.25, -0.2) is 0 Å². The first-order valence-corrected chi connectivity index (χ1v) is 7.81. The quantitative estimate of drug-likeness (QED) is 0.941. The van der Waals surface area contributed by atoms with Gasteiger partial charge in [0.15, 0.2) is 0 Å². The molecule has 0 bridgehead atoms. The molecule has 1 saturated heterocycles. The van der Waals surface area contributed by atoms with Crippen molar-refractivity contribution in [3.63, 3.8) is 0 Å². The van der Waals surface area contributed by atoms with Gasteiger partial charge in [-0.15, -0.1) is 11.3 Å². The number of rotatable bonds is 3. The van der Waals surface area contributed by atoms with Crippen LogP contribution in [0.15, 0.2) is 41.8 Å². The molecule has 0 unspecified atom stereocenters. The smallest absolute Gasteiger partial charge is 0.221 e. The number of nitrogens with zero attached hydrogens (tertiary/aromatic N) is 1. The number of hydrogen-bond acceptors (Lipinski definition) is 3. The molecule has 0 spiro atoms. The maximum Gasteiger partial charge on any atom is 0.221 e. The van der Waals surface area contributed by atoms with Gasteiger partial charge in [-0.2, -0.15) is 0 Å². The fourth-order valence-electron chi connectivity index (χ4n) is 2.44. The molecule has 1 fully saturated rings. The first kappa shape index (κ1) is 13.3. The Labute approximate surface area is 123 Å². The lowest BCUT2D eigenvalue weighted by Crippen LogP contribution is -2.27. The average molecular weight is 286 g/mol. The molecule has 0 saturated carbocycles. The molecular weight excluding hydrogens is 268 g/mol. The summed E-state index contributed by atoms with van der Waals surface area (Å²) in [5.74, 6) is 0.170. The average Bonchev–Trinajstić information content (AvgIpc) is 2.84. The molecule has 2 heterocycles. The Hall–Kier alpha value is -1.65. The molecule has 0 radical (unpaired) electrons. The SMILES string of the molecule is O=C1CCN(Cc2cc(-c3ccccc3)cs2)CCN1. The molecular formula is C16H18N2OS. The van der Waals surface area contributed by atoms with Gasteiger partial charge >= 0.3 is 0 Å². The van der Waals surface area contributed by atoms with Gasteiger partial charge < -0.3 is 5.32 Å². The Bertz CT molecular complexity index is 579. The van der Waals surface area contributed by atoms with Crippen LogP contribution in [0, 0.1) is 0 Å². The summed E-state index contributed by atoms with van der Waals surface area (Å²) in [6.45, 7) is 3.48. The van der Waals surface area contributed by atoms with Crippen molar-refractivity contribution < 1.29 is 4.79 Å². The van der Waals surface area contributed by atoms with Gasteiger partial charge in [-0.1, -0.05) is 30.3 Å². The Kier molecular flexibility index (Phi) is 4.14. The van der Waals surface area contributed by atoms with E-state index in [1.807, 2.05) is 6.07 Å². The Morgan fingerprint density at radius 1 is 1.15 bits per heavy atom. The predicted molar refractivity (Wildman–Crippen MR) is 82.7 cm³/mol. The van der Waals surface area contributed by atoms with Gasteiger partial charge in [0.2, 0.25) is 5.91 Å². The minimum atomic E-state index is 0.170. The number of thiophene rings is 1. The lowest BCUT2D eigenvalue weighted by molar-refractivity contribution is -0.120. The van der Waals surface area contributed by atoms with E-state index in [-0.39, 0.29) is 5.91 Å². The molecule has 3 rings (SSSR count). The molecule has 2 aromatic rings. The number of hydrogen-bond donors (Lipinski definition) is 1. The summed E-state index contributed by atoms with van der Waals surface area (Å²) in [5.41, 5.74) is 2.55. The van der Waals surface area contributed by atoms with Crippen molar-refractivity contribution in [1.29, 1.82) is 0 Å². The van der Waals surface area contributed by atoms with E-state index < -0.39 is 0 Å². The minimum absolute atomic E-state index is 0.170. The highest BCUT2D eigenvalue weighted by Gasteiger charge is 2.14. The third kappa shape index (κ3) is 3.26. The molecule has 104 valence electrons. The lowest BCUT2D eigenvalue weighted by Gasteiger charge is -2.17. The molecule has 4 heteroatoms. The van der Waals surface area contributed by atoms with E-state index in [0.717, 1.165) is 26.2 Å². The maximum atomic E-state index is 11.3. The van der Waals surface area contributed by atoms with Crippen LogP contribution in [0.4, 0.5) is 0 Å². The van der Waals surface area contributed by atoms with Crippen LogP contribution in [-0.4, -0.2) is 30.4 Å². The normalized spacial score (nSPS) is 16.7. The minimum Gasteiger partial charge on any atom is -0.355 e. The van der Waals surface area contributed by atoms with Crippen LogP contribution >= 0.6 is 11.3 Å². The second-order valence-corrected chi connectivity index (χ2v) is 6.04. The van der Waals surface area contributed by atoms with Crippen molar-refractivity contribution in [3.8, 4) is 11.1 Å². The summed E-state index contributed by atoms with van der Waals surface area (Å²) >= 11 is 1.80. The molecule has 1 N–H and O–H groups in total. The van der Waals surface area contributed by atoms with Crippen molar-refractivity contribution in [2.75, 3.05) is 19.6 Å². The summed E-state index contributed by atoms with van der Waals surface area (Å²) in [5, 5.41) is 5.13. The fourth-order valence-corrected chi connectivity index (χ4v) is 3.37. The number of nitrogens with one attached hydrogen (secondary N) is 1. The van der Waals surface area contributed by atoms with Crippen molar-refractivity contribution in [2.24, 2.45) is 0 Å². The molecule has 0 atom stereocenters. The molecule has 1 amide bonds. The summed E-state index contributed by atoms with van der Waals surface area (Å²) < 4.78 is 0. The third-order valence-corrected chi connectivity index (χ3v) is 4.47. The molecule has 1 aromatic carbocycles. The summed E-state index contributed by atoms with van der Waals surface area (Å²) in [6, 6.07) is 12.7. The van der Waals surface area contributed by atoms with Crippen LogP contribution in [0.2, 0.25) is 0 Å². The molecule has 1 aliphatic heterocycles. The van der Waals surface area contributed by atoms with E-state index in [1.54, 1.807) is 11.3 Å². The molecule has 0 aliphatic carbocycles. The summed E-state index contributed by atoms with van der Waals surface area (Å²) in [6.07, 6.45) is 0.608.